The van der Waals surface area contributed by atoms with Gasteiger partial charge in [-0.25, -0.2) is 0 Å². The minimum Gasteiger partial charge on any atom is -0.393 e. The van der Waals surface area contributed by atoms with Crippen molar-refractivity contribution >= 4 is 0 Å². The van der Waals surface area contributed by atoms with Crippen molar-refractivity contribution in [1.29, 1.82) is 0 Å². The minimum atomic E-state index is -0.110. The van der Waals surface area contributed by atoms with Crippen LogP contribution in [-0.2, 0) is 0 Å². The molecule has 1 heteroatoms. The highest BCUT2D eigenvalue weighted by molar-refractivity contribution is 5.18. The summed E-state index contributed by atoms with van der Waals surface area (Å²) in [5.41, 5.74) is 2.60. The number of hydrogen-bond acceptors (Lipinski definition) is 1. The van der Waals surface area contributed by atoms with E-state index < -0.39 is 0 Å². The van der Waals surface area contributed by atoms with Gasteiger partial charge in [0, 0.05) is 0 Å². The highest BCUT2D eigenvalue weighted by Crippen LogP contribution is 2.76. The predicted molar refractivity (Wildman–Crippen MR) is 131 cm³/mol. The predicted octanol–water partition coefficient (Wildman–Crippen LogP) is 8.25. The maximum Gasteiger partial charge on any atom is 0.0594 e. The van der Waals surface area contributed by atoms with Crippen LogP contribution in [0.2, 0.25) is 0 Å². The smallest absolute Gasteiger partial charge is 0.0594 e. The SMILES string of the molecule is CC1(C)CC[C@]2(C)CC[C@]3(C)[C@H](CC[C@@H]4[C@@]5(C)CC[C@H](O)C(C)(C)[C@@H]5CC[C@]43C)[C@@H]2C1. The Morgan fingerprint density at radius 1 is 0.581 bits per heavy atom. The monoisotopic (exact) mass is 428 g/mol. The van der Waals surface area contributed by atoms with Crippen molar-refractivity contribution in [2.75, 3.05) is 0 Å². The lowest BCUT2D eigenvalue weighted by atomic mass is 9.31. The van der Waals surface area contributed by atoms with Crippen molar-refractivity contribution in [3.05, 3.63) is 0 Å². The summed E-state index contributed by atoms with van der Waals surface area (Å²) in [5, 5.41) is 10.9. The molecule has 0 aliphatic heterocycles. The third kappa shape index (κ3) is 2.83. The molecule has 5 saturated carbocycles. The summed E-state index contributed by atoms with van der Waals surface area (Å²) >= 11 is 0. The quantitative estimate of drug-likeness (QED) is 0.412. The van der Waals surface area contributed by atoms with Gasteiger partial charge in [-0.3, -0.25) is 0 Å². The van der Waals surface area contributed by atoms with E-state index in [1.807, 2.05) is 0 Å². The Bertz CT molecular complexity index is 737. The highest BCUT2D eigenvalue weighted by Gasteiger charge is 2.69. The second-order valence-corrected chi connectivity index (χ2v) is 15.7. The zero-order valence-corrected chi connectivity index (χ0v) is 22.1. The van der Waals surface area contributed by atoms with Crippen molar-refractivity contribution in [3.63, 3.8) is 0 Å². The molecule has 0 bridgehead atoms. The van der Waals surface area contributed by atoms with Crippen LogP contribution in [-0.4, -0.2) is 11.2 Å². The van der Waals surface area contributed by atoms with E-state index in [1.165, 1.54) is 64.2 Å². The number of aliphatic hydroxyl groups is 1. The first-order valence-corrected chi connectivity index (χ1v) is 13.9. The molecule has 0 radical (unpaired) electrons. The lowest BCUT2D eigenvalue weighted by Gasteiger charge is -2.73. The van der Waals surface area contributed by atoms with Gasteiger partial charge in [0.1, 0.15) is 0 Å². The lowest BCUT2D eigenvalue weighted by Crippen LogP contribution is -2.67. The largest absolute Gasteiger partial charge is 0.393 e. The first-order valence-electron chi connectivity index (χ1n) is 13.9. The molecular formula is C30H52O. The van der Waals surface area contributed by atoms with Gasteiger partial charge in [-0.15, -0.1) is 0 Å². The molecule has 31 heavy (non-hydrogen) atoms. The van der Waals surface area contributed by atoms with Crippen molar-refractivity contribution in [2.24, 2.45) is 56.2 Å². The molecule has 1 N–H and O–H groups in total. The summed E-state index contributed by atoms with van der Waals surface area (Å²) in [6, 6.07) is 0. The average molecular weight is 429 g/mol. The molecule has 0 aromatic heterocycles. The van der Waals surface area contributed by atoms with Crippen LogP contribution in [0, 0.1) is 56.2 Å². The van der Waals surface area contributed by atoms with Crippen LogP contribution in [0.1, 0.15) is 126 Å². The Balaban J connectivity index is 1.52. The third-order valence-corrected chi connectivity index (χ3v) is 13.7. The average Bonchev–Trinajstić information content (AvgIpc) is 2.67. The summed E-state index contributed by atoms with van der Waals surface area (Å²) in [5.74, 6) is 3.38. The molecular weight excluding hydrogens is 376 g/mol. The van der Waals surface area contributed by atoms with Gasteiger partial charge in [0.25, 0.3) is 0 Å². The molecule has 0 heterocycles. The van der Waals surface area contributed by atoms with Crippen molar-refractivity contribution in [2.45, 2.75) is 132 Å². The summed E-state index contributed by atoms with van der Waals surface area (Å²) in [4.78, 5) is 0. The van der Waals surface area contributed by atoms with E-state index in [1.54, 1.807) is 0 Å². The van der Waals surface area contributed by atoms with Gasteiger partial charge in [0.15, 0.2) is 0 Å². The summed E-state index contributed by atoms with van der Waals surface area (Å²) in [7, 11) is 0. The molecule has 178 valence electrons. The molecule has 5 fully saturated rings. The summed E-state index contributed by atoms with van der Waals surface area (Å²) in [6.45, 7) is 20.7. The van der Waals surface area contributed by atoms with Gasteiger partial charge in [0.2, 0.25) is 0 Å². The van der Waals surface area contributed by atoms with Crippen LogP contribution in [0.4, 0.5) is 0 Å². The van der Waals surface area contributed by atoms with Gasteiger partial charge in [-0.2, -0.15) is 0 Å². The second-order valence-electron chi connectivity index (χ2n) is 15.7. The highest BCUT2D eigenvalue weighted by atomic mass is 16.3. The van der Waals surface area contributed by atoms with E-state index >= 15 is 0 Å². The van der Waals surface area contributed by atoms with E-state index in [-0.39, 0.29) is 11.5 Å². The number of rotatable bonds is 0. The Hall–Kier alpha value is -0.0400. The van der Waals surface area contributed by atoms with E-state index in [0.29, 0.717) is 33.0 Å². The first kappa shape index (κ1) is 22.7. The fourth-order valence-corrected chi connectivity index (χ4v) is 11.3. The molecule has 1 nitrogen and oxygen atoms in total. The van der Waals surface area contributed by atoms with Gasteiger partial charge in [0.05, 0.1) is 6.10 Å². The van der Waals surface area contributed by atoms with E-state index in [9.17, 15) is 5.11 Å². The minimum absolute atomic E-state index is 0.0740. The number of hydrogen-bond donors (Lipinski definition) is 1. The zero-order valence-electron chi connectivity index (χ0n) is 22.1. The van der Waals surface area contributed by atoms with Crippen molar-refractivity contribution < 1.29 is 5.11 Å². The molecule has 0 saturated heterocycles. The van der Waals surface area contributed by atoms with Crippen LogP contribution in [0.3, 0.4) is 0 Å². The van der Waals surface area contributed by atoms with Crippen LogP contribution in [0.15, 0.2) is 0 Å². The molecule has 5 rings (SSSR count). The summed E-state index contributed by atoms with van der Waals surface area (Å²) in [6.07, 6.45) is 15.1. The van der Waals surface area contributed by atoms with Crippen LogP contribution in [0.25, 0.3) is 0 Å². The van der Waals surface area contributed by atoms with E-state index in [0.717, 1.165) is 24.2 Å². The first-order chi connectivity index (χ1) is 14.2. The molecule has 0 spiro atoms. The van der Waals surface area contributed by atoms with E-state index in [4.69, 9.17) is 0 Å². The van der Waals surface area contributed by atoms with Crippen molar-refractivity contribution in [1.82, 2.24) is 0 Å². The Kier molecular flexibility index (Phi) is 4.80. The maximum atomic E-state index is 10.9. The van der Waals surface area contributed by atoms with Crippen molar-refractivity contribution in [3.8, 4) is 0 Å². The number of fused-ring (bicyclic) bond motifs is 7. The van der Waals surface area contributed by atoms with Crippen LogP contribution in [0.5, 0.6) is 0 Å². The molecule has 0 amide bonds. The molecule has 0 unspecified atom stereocenters. The summed E-state index contributed by atoms with van der Waals surface area (Å²) < 4.78 is 0. The third-order valence-electron chi connectivity index (χ3n) is 13.7. The van der Waals surface area contributed by atoms with Crippen LogP contribution < -0.4 is 0 Å². The standard InChI is InChI=1S/C30H52O/c1-25(2)15-16-27(5)17-18-29(7)20(21(27)19-25)9-10-23-28(6)13-12-24(31)26(3,4)22(28)11-14-30(23,29)8/h20-24,31H,9-19H2,1-8H3/t20-,21+,22+,23-,24+,27-,28+,29-,30-/m1/s1. The molecule has 0 aromatic carbocycles. The molecule has 5 aliphatic rings. The van der Waals surface area contributed by atoms with Gasteiger partial charge >= 0.3 is 0 Å². The Morgan fingerprint density at radius 3 is 1.97 bits per heavy atom. The molecule has 9 atom stereocenters. The maximum absolute atomic E-state index is 10.9. The second kappa shape index (κ2) is 6.55. The Morgan fingerprint density at radius 2 is 1.26 bits per heavy atom. The molecule has 0 aromatic rings. The van der Waals surface area contributed by atoms with E-state index in [2.05, 4.69) is 55.4 Å². The van der Waals surface area contributed by atoms with Gasteiger partial charge < -0.3 is 5.11 Å². The van der Waals surface area contributed by atoms with Gasteiger partial charge in [-0.05, 0) is 127 Å². The van der Waals surface area contributed by atoms with Crippen LogP contribution >= 0.6 is 0 Å². The fourth-order valence-electron chi connectivity index (χ4n) is 11.3. The zero-order chi connectivity index (χ0) is 22.7. The Labute approximate surface area is 193 Å². The normalized spacial score (nSPS) is 57.8. The fraction of sp³-hybridized carbons (Fsp3) is 1.00. The number of aliphatic hydroxyl groups excluding tert-OH is 1. The lowest BCUT2D eigenvalue weighted by molar-refractivity contribution is -0.253. The molecule has 5 aliphatic carbocycles. The van der Waals surface area contributed by atoms with Gasteiger partial charge in [-0.1, -0.05) is 55.4 Å². The topological polar surface area (TPSA) is 20.2 Å².